The molecule has 1 unspecified atom stereocenters. The first-order valence-electron chi connectivity index (χ1n) is 25.8. The van der Waals surface area contributed by atoms with Crippen molar-refractivity contribution < 1.29 is 85.6 Å². The maximum Gasteiger partial charge on any atom is 0.338 e. The van der Waals surface area contributed by atoms with Gasteiger partial charge in [0, 0.05) is 41.9 Å². The van der Waals surface area contributed by atoms with Crippen molar-refractivity contribution in [2.45, 2.75) is 58.3 Å². The normalized spacial score (nSPS) is 14.4. The topological polar surface area (TPSA) is 245 Å². The molecule has 22 nitrogen and oxygen atoms in total. The number of piperidine rings is 1. The summed E-state index contributed by atoms with van der Waals surface area (Å²) in [5, 5.41) is 8.23. The number of nitrogens with zero attached hydrogens (tertiary/aromatic N) is 1. The van der Waals surface area contributed by atoms with Gasteiger partial charge in [-0.15, -0.1) is 0 Å². The molecule has 3 aromatic carbocycles. The highest BCUT2D eigenvalue weighted by molar-refractivity contribution is 6.31. The molecule has 0 radical (unpaired) electrons. The lowest BCUT2D eigenvalue weighted by Gasteiger charge is -2.29. The zero-order valence-electron chi connectivity index (χ0n) is 44.4. The molecule has 5 rings (SSSR count). The summed E-state index contributed by atoms with van der Waals surface area (Å²) in [5.41, 5.74) is 2.37. The van der Waals surface area contributed by atoms with Crippen molar-refractivity contribution in [1.29, 1.82) is 0 Å². The Labute approximate surface area is 455 Å². The summed E-state index contributed by atoms with van der Waals surface area (Å²) in [6.07, 6.45) is 0.465. The van der Waals surface area contributed by atoms with Gasteiger partial charge in [0.05, 0.1) is 138 Å². The summed E-state index contributed by atoms with van der Waals surface area (Å²) in [6.45, 7) is 15.2. The molecule has 2 heterocycles. The first-order chi connectivity index (χ1) is 37.3. The Bertz CT molecular complexity index is 2250. The number of benzene rings is 3. The van der Waals surface area contributed by atoms with Crippen molar-refractivity contribution in [2.75, 3.05) is 151 Å². The highest BCUT2D eigenvalue weighted by Gasteiger charge is 2.39. The molecule has 0 bridgehead atoms. The minimum atomic E-state index is -0.697. The van der Waals surface area contributed by atoms with Gasteiger partial charge < -0.3 is 77.1 Å². The van der Waals surface area contributed by atoms with Crippen molar-refractivity contribution >= 4 is 47.0 Å². The van der Waals surface area contributed by atoms with E-state index >= 15 is 0 Å². The average Bonchev–Trinajstić information content (AvgIpc) is 3.73. The molecule has 3 N–H and O–H groups in total. The van der Waals surface area contributed by atoms with Gasteiger partial charge in [0.15, 0.2) is 0 Å². The van der Waals surface area contributed by atoms with Gasteiger partial charge in [0.25, 0.3) is 5.91 Å². The van der Waals surface area contributed by atoms with Crippen LogP contribution in [0.3, 0.4) is 0 Å². The standard InChI is InChI=1S/C54H75ClN4O18/c1-54(2,3)77-52(63)41-5-7-45(8-6-41)75-32-30-73-28-26-71-24-22-69-20-18-67-16-14-65-12-13-66-15-17-68-19-21-70-23-25-72-27-29-74-31-33-76-46-36-43(55)35-44(37-46)57-53(64)56-38-40-4-9-47-42(34-40)39-59(51(47)62)48-10-11-49(60)58-50(48)61/h4-9,34-37,48H,10-33,38-39H2,1-3H3,(H2,56,57,64)(H,58,60,61). The number of anilines is 1. The number of carbonyl (C=O) groups excluding carboxylic acids is 5. The number of amides is 5. The van der Waals surface area contributed by atoms with Crippen LogP contribution in [0.4, 0.5) is 10.5 Å². The molecule has 426 valence electrons. The van der Waals surface area contributed by atoms with Crippen LogP contribution in [0.5, 0.6) is 11.5 Å². The smallest absolute Gasteiger partial charge is 0.338 e. The second kappa shape index (κ2) is 35.8. The van der Waals surface area contributed by atoms with Crippen molar-refractivity contribution in [1.82, 2.24) is 15.5 Å². The number of urea groups is 1. The second-order valence-electron chi connectivity index (χ2n) is 18.2. The quantitative estimate of drug-likeness (QED) is 0.0385. The molecule has 5 amide bonds. The van der Waals surface area contributed by atoms with E-state index in [2.05, 4.69) is 16.0 Å². The maximum atomic E-state index is 13.0. The molecule has 1 saturated heterocycles. The lowest BCUT2D eigenvalue weighted by Crippen LogP contribution is -2.52. The zero-order chi connectivity index (χ0) is 54.9. The molecule has 0 aliphatic carbocycles. The van der Waals surface area contributed by atoms with E-state index in [0.29, 0.717) is 172 Å². The SMILES string of the molecule is CC(C)(C)OC(=O)c1ccc(OCCOCCOCCOCCOCCOCCOCCOCCOCCOCCOCCOc2cc(Cl)cc(NC(=O)NCc3ccc4c(c3)CN(C3CCC(=O)NC3=O)C4=O)c2)cc1. The number of esters is 1. The average molecular weight is 1100 g/mol. The van der Waals surface area contributed by atoms with Crippen LogP contribution >= 0.6 is 11.6 Å². The molecule has 1 atom stereocenters. The van der Waals surface area contributed by atoms with Crippen LogP contribution in [-0.4, -0.2) is 192 Å². The fourth-order valence-electron chi connectivity index (χ4n) is 7.36. The molecule has 2 aliphatic rings. The van der Waals surface area contributed by atoms with Gasteiger partial charge in [-0.2, -0.15) is 0 Å². The largest absolute Gasteiger partial charge is 0.491 e. The molecule has 0 spiro atoms. The lowest BCUT2D eigenvalue weighted by molar-refractivity contribution is -0.136. The lowest BCUT2D eigenvalue weighted by atomic mass is 10.0. The maximum absolute atomic E-state index is 13.0. The number of hydrogen-bond donors (Lipinski definition) is 3. The third-order valence-corrected chi connectivity index (χ3v) is 11.2. The number of rotatable bonds is 40. The van der Waals surface area contributed by atoms with Gasteiger partial charge >= 0.3 is 12.0 Å². The Morgan fingerprint density at radius 2 is 1.06 bits per heavy atom. The monoisotopic (exact) mass is 1100 g/mol. The minimum Gasteiger partial charge on any atom is -0.491 e. The number of carbonyl (C=O) groups is 5. The molecule has 1 fully saturated rings. The van der Waals surface area contributed by atoms with Crippen molar-refractivity contribution in [3.8, 4) is 11.5 Å². The van der Waals surface area contributed by atoms with Crippen molar-refractivity contribution in [3.05, 3.63) is 87.9 Å². The number of imide groups is 1. The number of fused-ring (bicyclic) bond motifs is 1. The predicted molar refractivity (Wildman–Crippen MR) is 281 cm³/mol. The predicted octanol–water partition coefficient (Wildman–Crippen LogP) is 5.00. The van der Waals surface area contributed by atoms with Crippen molar-refractivity contribution in [3.63, 3.8) is 0 Å². The number of hydrogen-bond acceptors (Lipinski definition) is 18. The second-order valence-corrected chi connectivity index (χ2v) is 18.7. The Hall–Kier alpha value is -5.50. The van der Waals surface area contributed by atoms with Gasteiger partial charge in [-0.05, 0) is 80.8 Å². The van der Waals surface area contributed by atoms with E-state index in [-0.39, 0.29) is 50.3 Å². The summed E-state index contributed by atoms with van der Waals surface area (Å²) in [7, 11) is 0. The molecular weight excluding hydrogens is 1030 g/mol. The minimum absolute atomic E-state index is 0.181. The van der Waals surface area contributed by atoms with Crippen LogP contribution < -0.4 is 25.4 Å². The molecule has 0 aromatic heterocycles. The fraction of sp³-hybridized carbons (Fsp3) is 0.574. The van der Waals surface area contributed by atoms with Gasteiger partial charge in [-0.3, -0.25) is 19.7 Å². The Morgan fingerprint density at radius 1 is 0.597 bits per heavy atom. The van der Waals surface area contributed by atoms with Crippen LogP contribution in [0.2, 0.25) is 5.02 Å². The highest BCUT2D eigenvalue weighted by atomic mass is 35.5. The Balaban J connectivity index is 0.717. The summed E-state index contributed by atoms with van der Waals surface area (Å²) in [5.74, 6) is -0.334. The number of ether oxygens (including phenoxy) is 13. The van der Waals surface area contributed by atoms with Crippen LogP contribution in [0, 0.1) is 0 Å². The molecule has 0 saturated carbocycles. The van der Waals surface area contributed by atoms with Gasteiger partial charge in [-0.25, -0.2) is 9.59 Å². The summed E-state index contributed by atoms with van der Waals surface area (Å²) >= 11 is 6.29. The van der Waals surface area contributed by atoms with Crippen molar-refractivity contribution in [2.24, 2.45) is 0 Å². The fourth-order valence-corrected chi connectivity index (χ4v) is 7.58. The Morgan fingerprint density at radius 3 is 1.53 bits per heavy atom. The van der Waals surface area contributed by atoms with Gasteiger partial charge in [-0.1, -0.05) is 23.7 Å². The van der Waals surface area contributed by atoms with E-state index in [0.717, 1.165) is 11.1 Å². The third-order valence-electron chi connectivity index (χ3n) is 11.0. The van der Waals surface area contributed by atoms with Crippen LogP contribution in [0.25, 0.3) is 0 Å². The summed E-state index contributed by atoms with van der Waals surface area (Å²) < 4.78 is 72.1. The molecule has 3 aromatic rings. The molecule has 23 heteroatoms. The van der Waals surface area contributed by atoms with Gasteiger partial charge in [0.2, 0.25) is 11.8 Å². The van der Waals surface area contributed by atoms with E-state index in [1.54, 1.807) is 54.6 Å². The van der Waals surface area contributed by atoms with Crippen LogP contribution in [0.1, 0.15) is 65.5 Å². The summed E-state index contributed by atoms with van der Waals surface area (Å²) in [6, 6.07) is 15.8. The number of halogens is 1. The molecular formula is C54H75ClN4O18. The van der Waals surface area contributed by atoms with E-state index in [9.17, 15) is 24.0 Å². The first-order valence-corrected chi connectivity index (χ1v) is 26.2. The number of nitrogens with one attached hydrogen (secondary N) is 3. The zero-order valence-corrected chi connectivity index (χ0v) is 45.2. The van der Waals surface area contributed by atoms with E-state index in [1.165, 1.54) is 4.90 Å². The molecule has 77 heavy (non-hydrogen) atoms. The van der Waals surface area contributed by atoms with Gasteiger partial charge in [0.1, 0.15) is 36.4 Å². The van der Waals surface area contributed by atoms with Crippen LogP contribution in [-0.2, 0) is 74.8 Å². The first kappa shape index (κ1) is 62.3. The van der Waals surface area contributed by atoms with E-state index < -0.39 is 23.6 Å². The summed E-state index contributed by atoms with van der Waals surface area (Å²) in [4.78, 5) is 63.2. The van der Waals surface area contributed by atoms with E-state index in [4.69, 9.17) is 73.2 Å². The molecule has 2 aliphatic heterocycles. The Kier molecular flexibility index (Phi) is 29.0. The van der Waals surface area contributed by atoms with E-state index in [1.807, 2.05) is 26.8 Å². The highest BCUT2D eigenvalue weighted by Crippen LogP contribution is 2.29. The van der Waals surface area contributed by atoms with Crippen LogP contribution in [0.15, 0.2) is 60.7 Å². The third kappa shape index (κ3) is 25.7.